The summed E-state index contributed by atoms with van der Waals surface area (Å²) < 4.78 is 6.02. The molecule has 0 heterocycles. The van der Waals surface area contributed by atoms with Gasteiger partial charge in [-0.3, -0.25) is 0 Å². The largest absolute Gasteiger partial charge is 0.489 e. The second-order valence-corrected chi connectivity index (χ2v) is 5.14. The van der Waals surface area contributed by atoms with E-state index in [2.05, 4.69) is 57.3 Å². The fourth-order valence-corrected chi connectivity index (χ4v) is 2.32. The molecule has 19 heavy (non-hydrogen) atoms. The Hall–Kier alpha value is -1.02. The van der Waals surface area contributed by atoms with Crippen LogP contribution < -0.4 is 10.1 Å². The lowest BCUT2D eigenvalue weighted by Crippen LogP contribution is -2.40. The highest BCUT2D eigenvalue weighted by atomic mass is 16.5. The average molecular weight is 263 g/mol. The summed E-state index contributed by atoms with van der Waals surface area (Å²) in [6.07, 6.45) is 4.96. The van der Waals surface area contributed by atoms with E-state index in [1.165, 1.54) is 24.8 Å². The first-order valence-corrected chi connectivity index (χ1v) is 7.70. The lowest BCUT2D eigenvalue weighted by Gasteiger charge is -2.24. The van der Waals surface area contributed by atoms with Crippen LogP contribution in [0.25, 0.3) is 0 Å². The number of benzene rings is 1. The molecule has 2 unspecified atom stereocenters. The van der Waals surface area contributed by atoms with Crippen LogP contribution in [0, 0.1) is 0 Å². The molecule has 0 saturated heterocycles. The molecule has 2 nitrogen and oxygen atoms in total. The van der Waals surface area contributed by atoms with E-state index in [1.54, 1.807) is 0 Å². The Labute approximate surface area is 118 Å². The molecule has 0 bridgehead atoms. The minimum atomic E-state index is 0.200. The first-order valence-electron chi connectivity index (χ1n) is 7.70. The van der Waals surface area contributed by atoms with Gasteiger partial charge in [0.25, 0.3) is 0 Å². The van der Waals surface area contributed by atoms with E-state index >= 15 is 0 Å². The molecule has 0 saturated carbocycles. The molecule has 0 spiro atoms. The fourth-order valence-electron chi connectivity index (χ4n) is 2.32. The van der Waals surface area contributed by atoms with Gasteiger partial charge in [0.15, 0.2) is 0 Å². The molecule has 0 aromatic heterocycles. The van der Waals surface area contributed by atoms with E-state index in [1.807, 2.05) is 0 Å². The van der Waals surface area contributed by atoms with Crippen LogP contribution in [0.4, 0.5) is 0 Å². The van der Waals surface area contributed by atoms with Crippen molar-refractivity contribution in [2.75, 3.05) is 6.54 Å². The van der Waals surface area contributed by atoms with Crippen LogP contribution in [0.2, 0.25) is 0 Å². The quantitative estimate of drug-likeness (QED) is 0.721. The van der Waals surface area contributed by atoms with E-state index in [0.717, 1.165) is 18.7 Å². The highest BCUT2D eigenvalue weighted by Crippen LogP contribution is 2.17. The molecule has 0 fully saturated rings. The maximum absolute atomic E-state index is 6.02. The van der Waals surface area contributed by atoms with E-state index < -0.39 is 0 Å². The molecule has 1 N–H and O–H groups in total. The predicted molar refractivity (Wildman–Crippen MR) is 82.9 cm³/mol. The molecule has 0 radical (unpaired) electrons. The Morgan fingerprint density at radius 2 is 1.79 bits per heavy atom. The summed E-state index contributed by atoms with van der Waals surface area (Å²) in [4.78, 5) is 0. The van der Waals surface area contributed by atoms with Crippen molar-refractivity contribution in [2.45, 2.75) is 65.5 Å². The van der Waals surface area contributed by atoms with Crippen LogP contribution >= 0.6 is 0 Å². The van der Waals surface area contributed by atoms with Gasteiger partial charge >= 0.3 is 0 Å². The number of nitrogens with one attached hydrogen (secondary N) is 1. The standard InChI is InChI=1S/C17H29NO/c1-5-8-9-15-10-12-16(13-11-15)19-14(4)17(6-2)18-7-3/h10-14,17-18H,5-9H2,1-4H3. The fraction of sp³-hybridized carbons (Fsp3) is 0.647. The molecule has 1 aromatic rings. The van der Waals surface area contributed by atoms with E-state index in [9.17, 15) is 0 Å². The van der Waals surface area contributed by atoms with Gasteiger partial charge in [-0.25, -0.2) is 0 Å². The van der Waals surface area contributed by atoms with Crippen LogP contribution in [0.15, 0.2) is 24.3 Å². The van der Waals surface area contributed by atoms with Crippen molar-refractivity contribution in [3.05, 3.63) is 29.8 Å². The highest BCUT2D eigenvalue weighted by molar-refractivity contribution is 5.27. The predicted octanol–water partition coefficient (Wildman–Crippen LogP) is 4.18. The van der Waals surface area contributed by atoms with Gasteiger partial charge in [0.2, 0.25) is 0 Å². The van der Waals surface area contributed by atoms with Crippen molar-refractivity contribution in [3.63, 3.8) is 0 Å². The summed E-state index contributed by atoms with van der Waals surface area (Å²) in [6, 6.07) is 8.99. The molecular formula is C17H29NO. The monoisotopic (exact) mass is 263 g/mol. The summed E-state index contributed by atoms with van der Waals surface area (Å²) in [7, 11) is 0. The number of hydrogen-bond donors (Lipinski definition) is 1. The van der Waals surface area contributed by atoms with Crippen molar-refractivity contribution in [3.8, 4) is 5.75 Å². The number of rotatable bonds is 9. The average Bonchev–Trinajstić information content (AvgIpc) is 2.43. The van der Waals surface area contributed by atoms with E-state index in [0.29, 0.717) is 6.04 Å². The van der Waals surface area contributed by atoms with Gasteiger partial charge < -0.3 is 10.1 Å². The summed E-state index contributed by atoms with van der Waals surface area (Å²) in [5.74, 6) is 0.976. The lowest BCUT2D eigenvalue weighted by atomic mass is 10.1. The maximum atomic E-state index is 6.02. The minimum absolute atomic E-state index is 0.200. The van der Waals surface area contributed by atoms with Crippen molar-refractivity contribution in [2.24, 2.45) is 0 Å². The number of ether oxygens (including phenoxy) is 1. The highest BCUT2D eigenvalue weighted by Gasteiger charge is 2.15. The van der Waals surface area contributed by atoms with Gasteiger partial charge in [-0.1, -0.05) is 39.3 Å². The van der Waals surface area contributed by atoms with Crippen LogP contribution in [-0.4, -0.2) is 18.7 Å². The molecule has 1 rings (SSSR count). The van der Waals surface area contributed by atoms with E-state index in [-0.39, 0.29) is 6.10 Å². The van der Waals surface area contributed by atoms with E-state index in [4.69, 9.17) is 4.74 Å². The summed E-state index contributed by atoms with van der Waals surface area (Å²) >= 11 is 0. The molecule has 0 aliphatic heterocycles. The van der Waals surface area contributed by atoms with Gasteiger partial charge in [0.05, 0.1) is 0 Å². The van der Waals surface area contributed by atoms with Crippen molar-refractivity contribution in [1.29, 1.82) is 0 Å². The zero-order valence-corrected chi connectivity index (χ0v) is 12.9. The van der Waals surface area contributed by atoms with Crippen LogP contribution in [-0.2, 0) is 6.42 Å². The second-order valence-electron chi connectivity index (χ2n) is 5.14. The van der Waals surface area contributed by atoms with Gasteiger partial charge in [0.1, 0.15) is 11.9 Å². The van der Waals surface area contributed by atoms with Crippen molar-refractivity contribution >= 4 is 0 Å². The Balaban J connectivity index is 2.51. The second kappa shape index (κ2) is 8.98. The summed E-state index contributed by atoms with van der Waals surface area (Å²) in [5, 5.41) is 3.47. The number of hydrogen-bond acceptors (Lipinski definition) is 2. The maximum Gasteiger partial charge on any atom is 0.119 e. The Morgan fingerprint density at radius 1 is 1.11 bits per heavy atom. The topological polar surface area (TPSA) is 21.3 Å². The Kier molecular flexibility index (Phi) is 7.57. The zero-order chi connectivity index (χ0) is 14.1. The van der Waals surface area contributed by atoms with Gasteiger partial charge in [-0.15, -0.1) is 0 Å². The third-order valence-corrected chi connectivity index (χ3v) is 3.54. The minimum Gasteiger partial charge on any atom is -0.489 e. The van der Waals surface area contributed by atoms with Crippen LogP contribution in [0.1, 0.15) is 52.5 Å². The molecule has 0 aliphatic carbocycles. The van der Waals surface area contributed by atoms with Gasteiger partial charge in [-0.2, -0.15) is 0 Å². The molecular weight excluding hydrogens is 234 g/mol. The molecule has 2 atom stereocenters. The smallest absolute Gasteiger partial charge is 0.119 e. The Morgan fingerprint density at radius 3 is 2.32 bits per heavy atom. The van der Waals surface area contributed by atoms with Gasteiger partial charge in [-0.05, 0) is 50.4 Å². The normalized spacial score (nSPS) is 14.1. The molecule has 1 aromatic carbocycles. The molecule has 108 valence electrons. The van der Waals surface area contributed by atoms with Crippen LogP contribution in [0.3, 0.4) is 0 Å². The summed E-state index contributed by atoms with van der Waals surface area (Å²) in [6.45, 7) is 9.69. The lowest BCUT2D eigenvalue weighted by molar-refractivity contribution is 0.168. The first kappa shape index (κ1) is 16.0. The Bertz CT molecular complexity index is 334. The number of unbranched alkanes of at least 4 members (excludes halogenated alkanes) is 1. The third-order valence-electron chi connectivity index (χ3n) is 3.54. The van der Waals surface area contributed by atoms with Crippen molar-refractivity contribution in [1.82, 2.24) is 5.32 Å². The molecule has 0 aliphatic rings. The van der Waals surface area contributed by atoms with Gasteiger partial charge in [0, 0.05) is 6.04 Å². The molecule has 0 amide bonds. The molecule has 2 heteroatoms. The number of likely N-dealkylation sites (N-methyl/N-ethyl adjacent to an activating group) is 1. The zero-order valence-electron chi connectivity index (χ0n) is 12.9. The third kappa shape index (κ3) is 5.65. The van der Waals surface area contributed by atoms with Crippen LogP contribution in [0.5, 0.6) is 5.75 Å². The first-order chi connectivity index (χ1) is 9.21. The number of aryl methyl sites for hydroxylation is 1. The SMILES string of the molecule is CCCCc1ccc(OC(C)C(CC)NCC)cc1. The van der Waals surface area contributed by atoms with Crippen molar-refractivity contribution < 1.29 is 4.74 Å². The summed E-state index contributed by atoms with van der Waals surface area (Å²) in [5.41, 5.74) is 1.40.